The number of esters is 1. The zero-order valence-corrected chi connectivity index (χ0v) is 18.0. The van der Waals surface area contributed by atoms with Crippen LogP contribution in [0, 0.1) is 0 Å². The molecule has 0 saturated heterocycles. The molecule has 6 heteroatoms. The first-order valence-electron chi connectivity index (χ1n) is 10.7. The van der Waals surface area contributed by atoms with Crippen molar-refractivity contribution in [2.24, 2.45) is 5.73 Å². The van der Waals surface area contributed by atoms with E-state index in [2.05, 4.69) is 0 Å². The molecule has 0 radical (unpaired) electrons. The van der Waals surface area contributed by atoms with E-state index < -0.39 is 0 Å². The van der Waals surface area contributed by atoms with Crippen LogP contribution in [0.4, 0.5) is 0 Å². The summed E-state index contributed by atoms with van der Waals surface area (Å²) in [4.78, 5) is 16.7. The number of pyridine rings is 1. The van der Waals surface area contributed by atoms with Crippen molar-refractivity contribution in [2.75, 3.05) is 13.2 Å². The van der Waals surface area contributed by atoms with Crippen LogP contribution in [0.3, 0.4) is 0 Å². The Morgan fingerprint density at radius 1 is 1.09 bits per heavy atom. The molecule has 0 aliphatic heterocycles. The Morgan fingerprint density at radius 2 is 1.97 bits per heavy atom. The molecule has 0 fully saturated rings. The third-order valence-electron chi connectivity index (χ3n) is 5.10. The van der Waals surface area contributed by atoms with E-state index >= 15 is 0 Å². The Balaban J connectivity index is 1.61. The predicted molar refractivity (Wildman–Crippen MR) is 123 cm³/mol. The molecule has 6 nitrogen and oxygen atoms in total. The van der Waals surface area contributed by atoms with Gasteiger partial charge in [-0.1, -0.05) is 24.3 Å². The molecule has 2 N–H and O–H groups in total. The summed E-state index contributed by atoms with van der Waals surface area (Å²) in [7, 11) is 0. The molecular formula is C26H26N2O4. The van der Waals surface area contributed by atoms with Crippen LogP contribution < -0.4 is 10.5 Å². The van der Waals surface area contributed by atoms with Crippen molar-refractivity contribution < 1.29 is 18.7 Å². The number of para-hydroxylation sites is 1. The van der Waals surface area contributed by atoms with Gasteiger partial charge in [-0.05, 0) is 55.4 Å². The number of nitrogens with two attached hydrogens (primary N) is 1. The minimum absolute atomic E-state index is 0.174. The molecule has 4 aromatic rings. The molecular weight excluding hydrogens is 404 g/mol. The standard InChI is InChI=1S/C26H26N2O4/c1-2-30-25(29)16-19-6-3-4-9-24(19)32-17-18-14-20-11-13-31-26(20)22(15-18)23-8-5-7-21(28-23)10-12-27/h3-9,11,13-15H,2,10,12,16-17,27H2,1H3. The number of benzene rings is 2. The number of aromatic nitrogens is 1. The zero-order valence-electron chi connectivity index (χ0n) is 18.0. The number of rotatable bonds is 9. The third-order valence-corrected chi connectivity index (χ3v) is 5.10. The fourth-order valence-corrected chi connectivity index (χ4v) is 3.65. The first-order chi connectivity index (χ1) is 15.7. The summed E-state index contributed by atoms with van der Waals surface area (Å²) in [5.41, 5.74) is 10.9. The van der Waals surface area contributed by atoms with Crippen LogP contribution in [0.5, 0.6) is 5.75 Å². The molecule has 2 aromatic heterocycles. The zero-order chi connectivity index (χ0) is 22.3. The predicted octanol–water partition coefficient (Wildman–Crippen LogP) is 4.68. The summed E-state index contributed by atoms with van der Waals surface area (Å²) in [6.45, 7) is 3.04. The fourth-order valence-electron chi connectivity index (χ4n) is 3.65. The molecule has 0 unspecified atom stereocenters. The summed E-state index contributed by atoms with van der Waals surface area (Å²) in [6, 6.07) is 19.5. The highest BCUT2D eigenvalue weighted by atomic mass is 16.5. The Morgan fingerprint density at radius 3 is 2.81 bits per heavy atom. The second-order valence-electron chi connectivity index (χ2n) is 7.41. The van der Waals surface area contributed by atoms with Gasteiger partial charge < -0.3 is 19.6 Å². The average Bonchev–Trinajstić information content (AvgIpc) is 3.27. The SMILES string of the molecule is CCOC(=O)Cc1ccccc1OCc1cc(-c2cccc(CCN)n2)c2occc2c1. The van der Waals surface area contributed by atoms with E-state index in [-0.39, 0.29) is 12.4 Å². The van der Waals surface area contributed by atoms with E-state index in [1.54, 1.807) is 13.2 Å². The van der Waals surface area contributed by atoms with Crippen molar-refractivity contribution in [1.29, 1.82) is 0 Å². The van der Waals surface area contributed by atoms with Crippen LogP contribution in [-0.4, -0.2) is 24.1 Å². The van der Waals surface area contributed by atoms with Crippen molar-refractivity contribution >= 4 is 16.9 Å². The minimum Gasteiger partial charge on any atom is -0.489 e. The van der Waals surface area contributed by atoms with Gasteiger partial charge in [-0.25, -0.2) is 0 Å². The van der Waals surface area contributed by atoms with Gasteiger partial charge in [0.15, 0.2) is 0 Å². The molecule has 0 spiro atoms. The summed E-state index contributed by atoms with van der Waals surface area (Å²) in [5.74, 6) is 0.395. The number of furan rings is 1. The molecule has 32 heavy (non-hydrogen) atoms. The molecule has 2 heterocycles. The van der Waals surface area contributed by atoms with Crippen LogP contribution >= 0.6 is 0 Å². The van der Waals surface area contributed by atoms with E-state index in [0.29, 0.717) is 25.5 Å². The van der Waals surface area contributed by atoms with Crippen molar-refractivity contribution in [3.8, 4) is 17.0 Å². The lowest BCUT2D eigenvalue weighted by Crippen LogP contribution is -2.09. The van der Waals surface area contributed by atoms with Gasteiger partial charge in [0.2, 0.25) is 0 Å². The molecule has 0 amide bonds. The Hall–Kier alpha value is -3.64. The third kappa shape index (κ3) is 4.98. The number of nitrogens with zero attached hydrogens (tertiary/aromatic N) is 1. The van der Waals surface area contributed by atoms with Crippen LogP contribution in [0.1, 0.15) is 23.7 Å². The lowest BCUT2D eigenvalue weighted by Gasteiger charge is -2.12. The fraction of sp³-hybridized carbons (Fsp3) is 0.231. The number of hydrogen-bond donors (Lipinski definition) is 1. The van der Waals surface area contributed by atoms with Gasteiger partial charge in [-0.2, -0.15) is 0 Å². The van der Waals surface area contributed by atoms with Crippen molar-refractivity contribution in [3.63, 3.8) is 0 Å². The van der Waals surface area contributed by atoms with Gasteiger partial charge >= 0.3 is 5.97 Å². The molecule has 0 aliphatic carbocycles. The van der Waals surface area contributed by atoms with E-state index in [0.717, 1.165) is 45.5 Å². The van der Waals surface area contributed by atoms with Gasteiger partial charge in [-0.3, -0.25) is 9.78 Å². The number of fused-ring (bicyclic) bond motifs is 1. The second-order valence-corrected chi connectivity index (χ2v) is 7.41. The highest BCUT2D eigenvalue weighted by molar-refractivity contribution is 5.92. The average molecular weight is 431 g/mol. The molecule has 4 rings (SSSR count). The minimum atomic E-state index is -0.269. The molecule has 0 atom stereocenters. The summed E-state index contributed by atoms with van der Waals surface area (Å²) in [5, 5.41) is 0.979. The maximum Gasteiger partial charge on any atom is 0.310 e. The number of hydrogen-bond acceptors (Lipinski definition) is 6. The van der Waals surface area contributed by atoms with Crippen molar-refractivity contribution in [1.82, 2.24) is 4.98 Å². The van der Waals surface area contributed by atoms with E-state index in [1.807, 2.05) is 60.7 Å². The number of carbonyl (C=O) groups is 1. The number of carbonyl (C=O) groups excluding carboxylic acids is 1. The maximum atomic E-state index is 11.9. The topological polar surface area (TPSA) is 87.6 Å². The van der Waals surface area contributed by atoms with Gasteiger partial charge in [0.05, 0.1) is 25.0 Å². The van der Waals surface area contributed by atoms with Gasteiger partial charge in [0, 0.05) is 28.6 Å². The molecule has 0 bridgehead atoms. The Kier molecular flexibility index (Phi) is 6.82. The summed E-state index contributed by atoms with van der Waals surface area (Å²) >= 11 is 0. The van der Waals surface area contributed by atoms with Crippen molar-refractivity contribution in [2.45, 2.75) is 26.4 Å². The van der Waals surface area contributed by atoms with Gasteiger partial charge in [0.1, 0.15) is 17.9 Å². The van der Waals surface area contributed by atoms with Crippen LogP contribution in [0.15, 0.2) is 71.3 Å². The Labute approximate surface area is 187 Å². The lowest BCUT2D eigenvalue weighted by molar-refractivity contribution is -0.142. The van der Waals surface area contributed by atoms with Crippen LogP contribution in [0.2, 0.25) is 0 Å². The first kappa shape index (κ1) is 21.6. The van der Waals surface area contributed by atoms with Crippen LogP contribution in [0.25, 0.3) is 22.2 Å². The quantitative estimate of drug-likeness (QED) is 0.388. The van der Waals surface area contributed by atoms with E-state index in [4.69, 9.17) is 24.6 Å². The number of ether oxygens (including phenoxy) is 2. The summed E-state index contributed by atoms with van der Waals surface area (Å²) < 4.78 is 16.9. The lowest BCUT2D eigenvalue weighted by atomic mass is 10.0. The van der Waals surface area contributed by atoms with E-state index in [1.165, 1.54) is 0 Å². The maximum absolute atomic E-state index is 11.9. The van der Waals surface area contributed by atoms with Crippen LogP contribution in [-0.2, 0) is 29.0 Å². The molecule has 2 aromatic carbocycles. The first-order valence-corrected chi connectivity index (χ1v) is 10.7. The summed E-state index contributed by atoms with van der Waals surface area (Å²) in [6.07, 6.45) is 2.57. The molecule has 0 saturated carbocycles. The van der Waals surface area contributed by atoms with Gasteiger partial charge in [-0.15, -0.1) is 0 Å². The van der Waals surface area contributed by atoms with Crippen molar-refractivity contribution in [3.05, 3.63) is 83.7 Å². The van der Waals surface area contributed by atoms with Gasteiger partial charge in [0.25, 0.3) is 0 Å². The Bertz CT molecular complexity index is 1220. The molecule has 0 aliphatic rings. The largest absolute Gasteiger partial charge is 0.489 e. The smallest absolute Gasteiger partial charge is 0.310 e. The second kappa shape index (κ2) is 10.1. The van der Waals surface area contributed by atoms with E-state index in [9.17, 15) is 4.79 Å². The normalized spacial score (nSPS) is 10.9. The monoisotopic (exact) mass is 430 g/mol. The highest BCUT2D eigenvalue weighted by Gasteiger charge is 2.13. The molecule has 164 valence electrons. The highest BCUT2D eigenvalue weighted by Crippen LogP contribution is 2.31.